The first kappa shape index (κ1) is 16.2. The lowest BCUT2D eigenvalue weighted by Gasteiger charge is -2.42. The molecule has 3 N–H and O–H groups in total. The molecular formula is C16H26N2O3. The number of nitrogens with two attached hydrogens (primary N) is 1. The molecule has 0 aromatic heterocycles. The van der Waals surface area contributed by atoms with Crippen LogP contribution in [0.4, 0.5) is 0 Å². The first-order chi connectivity index (χ1) is 9.97. The predicted molar refractivity (Wildman–Crippen MR) is 82.2 cm³/mol. The van der Waals surface area contributed by atoms with Crippen LogP contribution >= 0.6 is 0 Å². The summed E-state index contributed by atoms with van der Waals surface area (Å²) in [6.07, 6.45) is -0.141. The zero-order valence-corrected chi connectivity index (χ0v) is 13.1. The minimum Gasteiger partial charge on any atom is -0.496 e. The summed E-state index contributed by atoms with van der Waals surface area (Å²) < 4.78 is 11.3. The average Bonchev–Trinajstić information content (AvgIpc) is 2.45. The van der Waals surface area contributed by atoms with Gasteiger partial charge in [-0.15, -0.1) is 0 Å². The molecule has 1 aliphatic heterocycles. The molecule has 0 amide bonds. The van der Waals surface area contributed by atoms with Crippen molar-refractivity contribution in [2.45, 2.75) is 38.6 Å². The van der Waals surface area contributed by atoms with Gasteiger partial charge in [-0.25, -0.2) is 0 Å². The van der Waals surface area contributed by atoms with Gasteiger partial charge in [0.15, 0.2) is 0 Å². The van der Waals surface area contributed by atoms with Crippen molar-refractivity contribution in [1.29, 1.82) is 0 Å². The van der Waals surface area contributed by atoms with E-state index in [0.29, 0.717) is 6.54 Å². The molecule has 0 radical (unpaired) electrons. The van der Waals surface area contributed by atoms with Crippen LogP contribution in [0.1, 0.15) is 25.0 Å². The van der Waals surface area contributed by atoms with Crippen molar-refractivity contribution < 1.29 is 14.6 Å². The van der Waals surface area contributed by atoms with Gasteiger partial charge in [-0.3, -0.25) is 4.90 Å². The Balaban J connectivity index is 2.16. The maximum absolute atomic E-state index is 9.40. The van der Waals surface area contributed by atoms with Crippen molar-refractivity contribution in [2.24, 2.45) is 5.73 Å². The van der Waals surface area contributed by atoms with Crippen molar-refractivity contribution in [2.75, 3.05) is 26.8 Å². The molecule has 0 aliphatic carbocycles. The average molecular weight is 294 g/mol. The van der Waals surface area contributed by atoms with E-state index in [1.165, 1.54) is 0 Å². The van der Waals surface area contributed by atoms with Crippen LogP contribution in [0.5, 0.6) is 5.75 Å². The van der Waals surface area contributed by atoms with E-state index in [-0.39, 0.29) is 18.3 Å². The number of nitrogens with zero attached hydrogens (tertiary/aromatic N) is 1. The van der Waals surface area contributed by atoms with Crippen LogP contribution in [0.2, 0.25) is 0 Å². The maximum Gasteiger partial charge on any atom is 0.123 e. The molecule has 1 aromatic rings. The van der Waals surface area contributed by atoms with E-state index in [4.69, 9.17) is 15.2 Å². The first-order valence-electron chi connectivity index (χ1n) is 7.34. The number of ether oxygens (including phenoxy) is 2. The van der Waals surface area contributed by atoms with Crippen molar-refractivity contribution in [3.8, 4) is 5.75 Å². The predicted octanol–water partition coefficient (Wildman–Crippen LogP) is 1.13. The highest BCUT2D eigenvalue weighted by molar-refractivity contribution is 5.37. The van der Waals surface area contributed by atoms with E-state index >= 15 is 0 Å². The van der Waals surface area contributed by atoms with Crippen molar-refractivity contribution in [1.82, 2.24) is 4.90 Å². The second-order valence-electron chi connectivity index (χ2n) is 6.20. The van der Waals surface area contributed by atoms with E-state index in [1.54, 1.807) is 7.11 Å². The van der Waals surface area contributed by atoms with Gasteiger partial charge >= 0.3 is 0 Å². The molecule has 21 heavy (non-hydrogen) atoms. The zero-order valence-electron chi connectivity index (χ0n) is 13.1. The van der Waals surface area contributed by atoms with Gasteiger partial charge in [-0.2, -0.15) is 0 Å². The molecule has 1 aliphatic rings. The number of methoxy groups -OCH3 is 1. The van der Waals surface area contributed by atoms with Crippen LogP contribution in [0, 0.1) is 0 Å². The second kappa shape index (κ2) is 6.75. The SMILES string of the molecule is COc1ccc(CN)cc1CN1CC(CO)OC(C)(C)C1. The normalized spacial score (nSPS) is 22.2. The quantitative estimate of drug-likeness (QED) is 0.852. The molecule has 0 spiro atoms. The van der Waals surface area contributed by atoms with E-state index < -0.39 is 0 Å². The lowest BCUT2D eigenvalue weighted by Crippen LogP contribution is -2.53. The van der Waals surface area contributed by atoms with Gasteiger partial charge in [0.05, 0.1) is 25.4 Å². The topological polar surface area (TPSA) is 68.0 Å². The minimum absolute atomic E-state index is 0.0416. The van der Waals surface area contributed by atoms with Crippen LogP contribution in [0.3, 0.4) is 0 Å². The monoisotopic (exact) mass is 294 g/mol. The Morgan fingerprint density at radius 1 is 1.48 bits per heavy atom. The van der Waals surface area contributed by atoms with Crippen LogP contribution in [0.15, 0.2) is 18.2 Å². The third kappa shape index (κ3) is 4.17. The van der Waals surface area contributed by atoms with Gasteiger partial charge in [0.2, 0.25) is 0 Å². The van der Waals surface area contributed by atoms with Crippen LogP contribution in [0.25, 0.3) is 0 Å². The fourth-order valence-corrected chi connectivity index (χ4v) is 2.96. The van der Waals surface area contributed by atoms with E-state index in [1.807, 2.05) is 12.1 Å². The molecule has 1 aromatic carbocycles. The summed E-state index contributed by atoms with van der Waals surface area (Å²) in [6, 6.07) is 6.05. The molecule has 1 fully saturated rings. The van der Waals surface area contributed by atoms with Gasteiger partial charge in [-0.1, -0.05) is 6.07 Å². The number of aliphatic hydroxyl groups excluding tert-OH is 1. The molecule has 2 rings (SSSR count). The number of hydrogen-bond acceptors (Lipinski definition) is 5. The number of hydrogen-bond donors (Lipinski definition) is 2. The molecule has 1 saturated heterocycles. The van der Waals surface area contributed by atoms with E-state index in [9.17, 15) is 5.11 Å². The second-order valence-corrected chi connectivity index (χ2v) is 6.20. The summed E-state index contributed by atoms with van der Waals surface area (Å²) in [6.45, 7) is 6.96. The first-order valence-corrected chi connectivity index (χ1v) is 7.34. The molecule has 1 heterocycles. The summed E-state index contributed by atoms with van der Waals surface area (Å²) in [5.41, 5.74) is 7.68. The highest BCUT2D eigenvalue weighted by Gasteiger charge is 2.33. The number of rotatable bonds is 5. The van der Waals surface area contributed by atoms with E-state index in [2.05, 4.69) is 24.8 Å². The van der Waals surface area contributed by atoms with Crippen molar-refractivity contribution in [3.63, 3.8) is 0 Å². The van der Waals surface area contributed by atoms with Gasteiger partial charge in [0, 0.05) is 31.7 Å². The van der Waals surface area contributed by atoms with Gasteiger partial charge in [0.25, 0.3) is 0 Å². The fraction of sp³-hybridized carbons (Fsp3) is 0.625. The Morgan fingerprint density at radius 3 is 2.86 bits per heavy atom. The zero-order chi connectivity index (χ0) is 15.5. The Hall–Kier alpha value is -1.14. The number of benzene rings is 1. The van der Waals surface area contributed by atoms with Crippen LogP contribution in [-0.4, -0.2) is 48.5 Å². The smallest absolute Gasteiger partial charge is 0.123 e. The number of morpholine rings is 1. The molecule has 1 atom stereocenters. The summed E-state index contributed by atoms with van der Waals surface area (Å²) in [7, 11) is 1.68. The highest BCUT2D eigenvalue weighted by atomic mass is 16.5. The summed E-state index contributed by atoms with van der Waals surface area (Å²) in [4.78, 5) is 2.29. The summed E-state index contributed by atoms with van der Waals surface area (Å²) in [5, 5.41) is 9.40. The molecule has 118 valence electrons. The fourth-order valence-electron chi connectivity index (χ4n) is 2.96. The van der Waals surface area contributed by atoms with Gasteiger partial charge in [0.1, 0.15) is 5.75 Å². The Morgan fingerprint density at radius 2 is 2.24 bits per heavy atom. The Labute approximate surface area is 126 Å². The van der Waals surface area contributed by atoms with Crippen molar-refractivity contribution >= 4 is 0 Å². The minimum atomic E-state index is -0.260. The summed E-state index contributed by atoms with van der Waals surface area (Å²) >= 11 is 0. The molecule has 0 saturated carbocycles. The largest absolute Gasteiger partial charge is 0.496 e. The third-order valence-electron chi connectivity index (χ3n) is 3.73. The molecular weight excluding hydrogens is 268 g/mol. The van der Waals surface area contributed by atoms with Crippen LogP contribution < -0.4 is 10.5 Å². The summed E-state index contributed by atoms with van der Waals surface area (Å²) in [5.74, 6) is 0.872. The highest BCUT2D eigenvalue weighted by Crippen LogP contribution is 2.26. The lowest BCUT2D eigenvalue weighted by molar-refractivity contribution is -0.150. The van der Waals surface area contributed by atoms with E-state index in [0.717, 1.165) is 36.5 Å². The van der Waals surface area contributed by atoms with Crippen LogP contribution in [-0.2, 0) is 17.8 Å². The van der Waals surface area contributed by atoms with Gasteiger partial charge in [-0.05, 0) is 31.5 Å². The Bertz CT molecular complexity index is 477. The standard InChI is InChI=1S/C16H26N2O3/c1-16(2)11-18(9-14(10-19)21-16)8-13-6-12(7-17)4-5-15(13)20-3/h4-6,14,19H,7-11,17H2,1-3H3. The lowest BCUT2D eigenvalue weighted by atomic mass is 10.0. The van der Waals surface area contributed by atoms with Gasteiger partial charge < -0.3 is 20.3 Å². The molecule has 5 nitrogen and oxygen atoms in total. The molecule has 1 unspecified atom stereocenters. The van der Waals surface area contributed by atoms with Crippen molar-refractivity contribution in [3.05, 3.63) is 29.3 Å². The maximum atomic E-state index is 9.40. The Kier molecular flexibility index (Phi) is 5.22. The molecule has 0 bridgehead atoms. The number of aliphatic hydroxyl groups is 1. The molecule has 5 heteroatoms. The third-order valence-corrected chi connectivity index (χ3v) is 3.73.